The Morgan fingerprint density at radius 2 is 2.00 bits per heavy atom. The molecule has 106 valence electrons. The molecule has 0 aliphatic carbocycles. The SMILES string of the molecule is COc1ccc(-c2cc3c(N)ncc(C(N)=O)c3s2)cc1. The Hall–Kier alpha value is -2.60. The minimum absolute atomic E-state index is 0.393. The first-order valence-corrected chi connectivity index (χ1v) is 7.04. The summed E-state index contributed by atoms with van der Waals surface area (Å²) in [6, 6.07) is 9.61. The number of benzene rings is 1. The van der Waals surface area contributed by atoms with Gasteiger partial charge in [-0.2, -0.15) is 0 Å². The molecule has 0 spiro atoms. The molecule has 0 unspecified atom stereocenters. The molecule has 2 aromatic heterocycles. The number of nitrogen functional groups attached to an aromatic ring is 1. The summed E-state index contributed by atoms with van der Waals surface area (Å²) in [5, 5.41) is 0.752. The van der Waals surface area contributed by atoms with Crippen LogP contribution in [0, 0.1) is 0 Å². The van der Waals surface area contributed by atoms with E-state index < -0.39 is 5.91 Å². The highest BCUT2D eigenvalue weighted by molar-refractivity contribution is 7.22. The van der Waals surface area contributed by atoms with E-state index in [0.29, 0.717) is 11.4 Å². The van der Waals surface area contributed by atoms with Crippen LogP contribution in [0.1, 0.15) is 10.4 Å². The predicted octanol–water partition coefficient (Wildman–Crippen LogP) is 2.65. The highest BCUT2D eigenvalue weighted by Crippen LogP contribution is 2.37. The Morgan fingerprint density at radius 3 is 2.62 bits per heavy atom. The Morgan fingerprint density at radius 1 is 1.29 bits per heavy atom. The lowest BCUT2D eigenvalue weighted by molar-refractivity contribution is 0.100. The van der Waals surface area contributed by atoms with Gasteiger partial charge in [0.15, 0.2) is 0 Å². The summed E-state index contributed by atoms with van der Waals surface area (Å²) in [5.74, 6) is 0.681. The quantitative estimate of drug-likeness (QED) is 0.777. The van der Waals surface area contributed by atoms with Gasteiger partial charge in [-0.15, -0.1) is 11.3 Å². The molecule has 0 saturated heterocycles. The van der Waals surface area contributed by atoms with Crippen molar-refractivity contribution in [3.63, 3.8) is 0 Å². The Bertz CT molecular complexity index is 825. The number of hydrogen-bond acceptors (Lipinski definition) is 5. The second-order valence-corrected chi connectivity index (χ2v) is 5.56. The lowest BCUT2D eigenvalue weighted by Gasteiger charge is -2.00. The van der Waals surface area contributed by atoms with E-state index in [2.05, 4.69) is 4.98 Å². The number of pyridine rings is 1. The molecule has 2 heterocycles. The van der Waals surface area contributed by atoms with Gasteiger partial charge in [0.05, 0.1) is 17.4 Å². The summed E-state index contributed by atoms with van der Waals surface area (Å²) in [7, 11) is 1.62. The van der Waals surface area contributed by atoms with Crippen molar-refractivity contribution < 1.29 is 9.53 Å². The van der Waals surface area contributed by atoms with Crippen molar-refractivity contribution in [3.05, 3.63) is 42.1 Å². The standard InChI is InChI=1S/C15H13N3O2S/c1-20-9-4-2-8(3-5-9)12-6-10-13(21-12)11(15(17)19)7-18-14(10)16/h2-7H,1H3,(H2,16,18)(H2,17,19). The molecule has 3 rings (SSSR count). The van der Waals surface area contributed by atoms with Crippen LogP contribution in [0.5, 0.6) is 5.75 Å². The average molecular weight is 299 g/mol. The monoisotopic (exact) mass is 299 g/mol. The molecule has 0 saturated carbocycles. The summed E-state index contributed by atoms with van der Waals surface area (Å²) in [4.78, 5) is 16.5. The molecule has 0 fully saturated rings. The largest absolute Gasteiger partial charge is 0.497 e. The maximum absolute atomic E-state index is 11.5. The number of rotatable bonds is 3. The van der Waals surface area contributed by atoms with Gasteiger partial charge in [0.1, 0.15) is 11.6 Å². The van der Waals surface area contributed by atoms with Gasteiger partial charge in [-0.05, 0) is 35.9 Å². The van der Waals surface area contributed by atoms with E-state index in [4.69, 9.17) is 16.2 Å². The summed E-state index contributed by atoms with van der Waals surface area (Å²) < 4.78 is 5.91. The molecule has 1 aromatic carbocycles. The summed E-state index contributed by atoms with van der Waals surface area (Å²) in [6.07, 6.45) is 1.42. The number of nitrogens with two attached hydrogens (primary N) is 2. The van der Waals surface area contributed by atoms with Crippen molar-refractivity contribution in [2.45, 2.75) is 0 Å². The Balaban J connectivity index is 2.17. The molecular weight excluding hydrogens is 286 g/mol. The topological polar surface area (TPSA) is 91.2 Å². The van der Waals surface area contributed by atoms with Crippen LogP contribution in [-0.4, -0.2) is 18.0 Å². The van der Waals surface area contributed by atoms with Gasteiger partial charge in [-0.3, -0.25) is 4.79 Å². The maximum Gasteiger partial charge on any atom is 0.251 e. The lowest BCUT2D eigenvalue weighted by Crippen LogP contribution is -2.11. The first-order valence-electron chi connectivity index (χ1n) is 6.22. The fourth-order valence-electron chi connectivity index (χ4n) is 2.12. The molecule has 0 aliphatic rings. The number of carbonyl (C=O) groups excluding carboxylic acids is 1. The number of nitrogens with zero attached hydrogens (tertiary/aromatic N) is 1. The van der Waals surface area contributed by atoms with E-state index in [9.17, 15) is 4.79 Å². The van der Waals surface area contributed by atoms with E-state index in [1.165, 1.54) is 17.5 Å². The molecule has 1 amide bonds. The molecule has 4 N–H and O–H groups in total. The lowest BCUT2D eigenvalue weighted by atomic mass is 10.1. The fraction of sp³-hybridized carbons (Fsp3) is 0.0667. The molecule has 3 aromatic rings. The molecule has 0 atom stereocenters. The average Bonchev–Trinajstić information content (AvgIpc) is 2.93. The van der Waals surface area contributed by atoms with Crippen LogP contribution >= 0.6 is 11.3 Å². The molecular formula is C15H13N3O2S. The number of hydrogen-bond donors (Lipinski definition) is 2. The van der Waals surface area contributed by atoms with Crippen molar-refractivity contribution in [1.82, 2.24) is 4.98 Å². The van der Waals surface area contributed by atoms with Crippen LogP contribution in [-0.2, 0) is 0 Å². The summed E-state index contributed by atoms with van der Waals surface area (Å²) in [5.41, 5.74) is 12.7. The maximum atomic E-state index is 11.5. The molecule has 0 bridgehead atoms. The number of anilines is 1. The summed E-state index contributed by atoms with van der Waals surface area (Å²) >= 11 is 1.47. The number of primary amides is 1. The van der Waals surface area contributed by atoms with Gasteiger partial charge in [-0.25, -0.2) is 4.98 Å². The second-order valence-electron chi connectivity index (χ2n) is 4.50. The third-order valence-electron chi connectivity index (χ3n) is 3.23. The van der Waals surface area contributed by atoms with E-state index in [0.717, 1.165) is 26.3 Å². The second kappa shape index (κ2) is 5.06. The molecule has 0 radical (unpaired) electrons. The number of carbonyl (C=O) groups is 1. The Labute approximate surface area is 125 Å². The number of thiophene rings is 1. The zero-order valence-electron chi connectivity index (χ0n) is 11.3. The highest BCUT2D eigenvalue weighted by Gasteiger charge is 2.14. The number of ether oxygens (including phenoxy) is 1. The third kappa shape index (κ3) is 2.30. The van der Waals surface area contributed by atoms with E-state index in [-0.39, 0.29) is 0 Å². The first kappa shape index (κ1) is 13.4. The molecule has 5 nitrogen and oxygen atoms in total. The van der Waals surface area contributed by atoms with E-state index in [1.54, 1.807) is 7.11 Å². The zero-order valence-corrected chi connectivity index (χ0v) is 12.1. The van der Waals surface area contributed by atoms with Gasteiger partial charge >= 0.3 is 0 Å². The van der Waals surface area contributed by atoms with Gasteiger partial charge in [0.2, 0.25) is 0 Å². The van der Waals surface area contributed by atoms with Crippen LogP contribution in [0.4, 0.5) is 5.82 Å². The van der Waals surface area contributed by atoms with Crippen molar-refractivity contribution in [2.75, 3.05) is 12.8 Å². The minimum Gasteiger partial charge on any atom is -0.497 e. The van der Waals surface area contributed by atoms with E-state index in [1.807, 2.05) is 30.3 Å². The molecule has 6 heteroatoms. The van der Waals surface area contributed by atoms with Gasteiger partial charge < -0.3 is 16.2 Å². The zero-order chi connectivity index (χ0) is 15.0. The smallest absolute Gasteiger partial charge is 0.251 e. The van der Waals surface area contributed by atoms with E-state index >= 15 is 0 Å². The van der Waals surface area contributed by atoms with Crippen LogP contribution in [0.15, 0.2) is 36.5 Å². The summed E-state index contributed by atoms with van der Waals surface area (Å²) in [6.45, 7) is 0. The molecule has 0 aliphatic heterocycles. The Kier molecular flexibility index (Phi) is 3.23. The van der Waals surface area contributed by atoms with Crippen molar-refractivity contribution >= 4 is 33.1 Å². The van der Waals surface area contributed by atoms with Gasteiger partial charge in [0.25, 0.3) is 5.91 Å². The fourth-order valence-corrected chi connectivity index (χ4v) is 3.30. The number of fused-ring (bicyclic) bond motifs is 1. The highest BCUT2D eigenvalue weighted by atomic mass is 32.1. The van der Waals surface area contributed by atoms with Crippen LogP contribution < -0.4 is 16.2 Å². The van der Waals surface area contributed by atoms with Crippen LogP contribution in [0.3, 0.4) is 0 Å². The number of aromatic nitrogens is 1. The van der Waals surface area contributed by atoms with Crippen molar-refractivity contribution in [2.24, 2.45) is 5.73 Å². The molecule has 21 heavy (non-hydrogen) atoms. The number of methoxy groups -OCH3 is 1. The van der Waals surface area contributed by atoms with Gasteiger partial charge in [-0.1, -0.05) is 0 Å². The normalized spacial score (nSPS) is 10.7. The van der Waals surface area contributed by atoms with Crippen molar-refractivity contribution in [1.29, 1.82) is 0 Å². The third-order valence-corrected chi connectivity index (χ3v) is 4.44. The first-order chi connectivity index (χ1) is 10.1. The van der Waals surface area contributed by atoms with Gasteiger partial charge in [0, 0.05) is 16.5 Å². The van der Waals surface area contributed by atoms with Crippen LogP contribution in [0.25, 0.3) is 20.5 Å². The van der Waals surface area contributed by atoms with Crippen molar-refractivity contribution in [3.8, 4) is 16.2 Å². The minimum atomic E-state index is -0.504. The number of amides is 1. The van der Waals surface area contributed by atoms with Crippen LogP contribution in [0.2, 0.25) is 0 Å². The predicted molar refractivity (Wildman–Crippen MR) is 84.5 cm³/mol.